The molecule has 3 fully saturated rings. The van der Waals surface area contributed by atoms with Gasteiger partial charge in [-0.1, -0.05) is 36.4 Å². The molecule has 0 bridgehead atoms. The van der Waals surface area contributed by atoms with Crippen LogP contribution in [0.5, 0.6) is 0 Å². The Bertz CT molecular complexity index is 1380. The molecule has 3 saturated heterocycles. The molecule has 0 spiro atoms. The van der Waals surface area contributed by atoms with Crippen LogP contribution in [0.1, 0.15) is 0 Å². The van der Waals surface area contributed by atoms with E-state index in [0.29, 0.717) is 159 Å². The van der Waals surface area contributed by atoms with Crippen LogP contribution in [0.25, 0.3) is 0 Å². The third kappa shape index (κ3) is 19.1. The van der Waals surface area contributed by atoms with Gasteiger partial charge >= 0.3 is 0 Å². The summed E-state index contributed by atoms with van der Waals surface area (Å²) in [5, 5.41) is 3.79. The van der Waals surface area contributed by atoms with Gasteiger partial charge in [-0.3, -0.25) is 0 Å². The fraction of sp³-hybridized carbons (Fsp3) is 0.625. The highest BCUT2D eigenvalue weighted by Gasteiger charge is 2.20. The summed E-state index contributed by atoms with van der Waals surface area (Å²) in [6.45, 7) is 18.1. The fourth-order valence-electron chi connectivity index (χ4n) is 7.33. The highest BCUT2D eigenvalue weighted by molar-refractivity contribution is 7.79. The van der Waals surface area contributed by atoms with Gasteiger partial charge in [0.1, 0.15) is 0 Å². The van der Waals surface area contributed by atoms with Crippen molar-refractivity contribution in [1.82, 2.24) is 0 Å². The van der Waals surface area contributed by atoms with E-state index in [0.717, 1.165) is 56.3 Å². The smallest absolute Gasteiger partial charge is 0.0701 e. The number of anilines is 3. The van der Waals surface area contributed by atoms with E-state index in [4.69, 9.17) is 56.8 Å². The number of hydrogen-bond acceptors (Lipinski definition) is 15. The summed E-state index contributed by atoms with van der Waals surface area (Å²) in [6.07, 6.45) is 0. The normalized spacial score (nSPS) is 21.0. The average molecular weight is 914 g/mol. The SMILES string of the molecule is c1cc(P(c2ccc(N3CCOCCOCCOCCOCC3)cc2)c2ccc(N3CCOCCOCCOCCOCC3)cc2)ccc1N1CCOCCOCCOCCOCC1. The summed E-state index contributed by atoms with van der Waals surface area (Å²) in [7, 11) is -0.918. The molecule has 356 valence electrons. The molecular weight excluding hydrogens is 842 g/mol. The molecule has 16 heteroatoms. The van der Waals surface area contributed by atoms with Gasteiger partial charge in [0.2, 0.25) is 0 Å². The first kappa shape index (κ1) is 50.4. The van der Waals surface area contributed by atoms with Crippen LogP contribution in [0.2, 0.25) is 0 Å². The van der Waals surface area contributed by atoms with Gasteiger partial charge in [-0.15, -0.1) is 0 Å². The Hall–Kier alpha value is -2.99. The van der Waals surface area contributed by atoms with E-state index in [2.05, 4.69) is 87.5 Å². The standard InChI is InChI=1S/C48H72N3O12P/c1-7-46(8-2-43(1)49-13-19-52-25-31-58-37-38-59-32-26-53-20-14-49)64(47-9-3-44(4-10-47)50-15-21-54-27-33-60-39-40-61-34-28-55-22-16-50)48-11-5-45(6-12-48)51-17-23-56-29-35-62-41-42-63-36-30-57-24-18-51/h1-12H,13-42H2. The molecule has 15 nitrogen and oxygen atoms in total. The van der Waals surface area contributed by atoms with E-state index >= 15 is 0 Å². The second kappa shape index (κ2) is 31.8. The molecule has 0 N–H and O–H groups in total. The molecule has 3 aromatic carbocycles. The van der Waals surface area contributed by atoms with Crippen LogP contribution in [0.3, 0.4) is 0 Å². The van der Waals surface area contributed by atoms with Gasteiger partial charge < -0.3 is 71.5 Å². The van der Waals surface area contributed by atoms with Crippen molar-refractivity contribution in [2.24, 2.45) is 0 Å². The monoisotopic (exact) mass is 913 g/mol. The molecule has 0 aliphatic carbocycles. The summed E-state index contributed by atoms with van der Waals surface area (Å²) >= 11 is 0. The average Bonchev–Trinajstić information content (AvgIpc) is 3.35. The first-order chi connectivity index (χ1) is 31.8. The Balaban J connectivity index is 1.22. The van der Waals surface area contributed by atoms with Gasteiger partial charge in [0, 0.05) is 56.3 Å². The zero-order chi connectivity index (χ0) is 44.0. The molecule has 3 aliphatic rings. The second-order valence-corrected chi connectivity index (χ2v) is 17.4. The lowest BCUT2D eigenvalue weighted by Crippen LogP contribution is -2.32. The van der Waals surface area contributed by atoms with Crippen molar-refractivity contribution in [3.05, 3.63) is 72.8 Å². The van der Waals surface area contributed by atoms with E-state index in [1.165, 1.54) is 15.9 Å². The van der Waals surface area contributed by atoms with E-state index in [-0.39, 0.29) is 0 Å². The van der Waals surface area contributed by atoms with Crippen molar-refractivity contribution in [2.45, 2.75) is 0 Å². The number of benzene rings is 3. The summed E-state index contributed by atoms with van der Waals surface area (Å²) in [5.41, 5.74) is 3.40. The van der Waals surface area contributed by atoms with Gasteiger partial charge in [0.25, 0.3) is 0 Å². The third-order valence-electron chi connectivity index (χ3n) is 10.8. The third-order valence-corrected chi connectivity index (χ3v) is 13.2. The lowest BCUT2D eigenvalue weighted by molar-refractivity contribution is 0.00206. The van der Waals surface area contributed by atoms with Crippen LogP contribution < -0.4 is 30.6 Å². The van der Waals surface area contributed by atoms with E-state index in [9.17, 15) is 0 Å². The minimum atomic E-state index is -0.918. The largest absolute Gasteiger partial charge is 0.377 e. The van der Waals surface area contributed by atoms with Gasteiger partial charge in [-0.05, 0) is 60.2 Å². The molecule has 3 heterocycles. The van der Waals surface area contributed by atoms with Gasteiger partial charge in [0.05, 0.1) is 159 Å². The molecular formula is C48H72N3O12P. The first-order valence-electron chi connectivity index (χ1n) is 23.1. The number of rotatable bonds is 6. The predicted octanol–water partition coefficient (Wildman–Crippen LogP) is 3.10. The zero-order valence-electron chi connectivity index (χ0n) is 37.8. The minimum absolute atomic E-state index is 0.555. The maximum atomic E-state index is 5.95. The van der Waals surface area contributed by atoms with Crippen LogP contribution in [-0.4, -0.2) is 198 Å². The van der Waals surface area contributed by atoms with Gasteiger partial charge in [-0.25, -0.2) is 0 Å². The number of hydrogen-bond donors (Lipinski definition) is 0. The molecule has 0 unspecified atom stereocenters. The molecule has 0 aromatic heterocycles. The van der Waals surface area contributed by atoms with Crippen LogP contribution in [0.15, 0.2) is 72.8 Å². The Morgan fingerprint density at radius 1 is 0.219 bits per heavy atom. The fourth-order valence-corrected chi connectivity index (χ4v) is 9.56. The molecule has 0 radical (unpaired) electrons. The Morgan fingerprint density at radius 3 is 0.547 bits per heavy atom. The molecule has 64 heavy (non-hydrogen) atoms. The van der Waals surface area contributed by atoms with Crippen molar-refractivity contribution >= 4 is 40.9 Å². The van der Waals surface area contributed by atoms with Crippen molar-refractivity contribution < 1.29 is 56.8 Å². The minimum Gasteiger partial charge on any atom is -0.377 e. The molecule has 0 atom stereocenters. The van der Waals surface area contributed by atoms with Crippen molar-refractivity contribution in [3.8, 4) is 0 Å². The molecule has 6 rings (SSSR count). The van der Waals surface area contributed by atoms with Crippen molar-refractivity contribution in [3.63, 3.8) is 0 Å². The Labute approximate surface area is 382 Å². The summed E-state index contributed by atoms with van der Waals surface area (Å²) < 4.78 is 69.5. The molecule has 3 aliphatic heterocycles. The first-order valence-corrected chi connectivity index (χ1v) is 24.5. The topological polar surface area (TPSA) is 120 Å². The Morgan fingerprint density at radius 2 is 0.375 bits per heavy atom. The van der Waals surface area contributed by atoms with Crippen LogP contribution in [0.4, 0.5) is 17.1 Å². The maximum absolute atomic E-state index is 5.95. The molecule has 0 saturated carbocycles. The van der Waals surface area contributed by atoms with E-state index in [1.54, 1.807) is 0 Å². The number of nitrogens with zero attached hydrogens (tertiary/aromatic N) is 3. The summed E-state index contributed by atoms with van der Waals surface area (Å²) in [5.74, 6) is 0. The van der Waals surface area contributed by atoms with Crippen LogP contribution in [0, 0.1) is 0 Å². The Kier molecular flexibility index (Phi) is 25.1. The van der Waals surface area contributed by atoms with Crippen LogP contribution in [-0.2, 0) is 56.8 Å². The van der Waals surface area contributed by atoms with Crippen LogP contribution >= 0.6 is 7.92 Å². The quantitative estimate of drug-likeness (QED) is 0.337. The molecule has 0 amide bonds. The van der Waals surface area contributed by atoms with Crippen molar-refractivity contribution in [1.29, 1.82) is 0 Å². The summed E-state index contributed by atoms with van der Waals surface area (Å²) in [4.78, 5) is 7.01. The lowest BCUT2D eigenvalue weighted by Gasteiger charge is -2.28. The lowest BCUT2D eigenvalue weighted by atomic mass is 10.2. The van der Waals surface area contributed by atoms with Gasteiger partial charge in [0.15, 0.2) is 0 Å². The van der Waals surface area contributed by atoms with E-state index in [1.807, 2.05) is 0 Å². The highest BCUT2D eigenvalue weighted by Crippen LogP contribution is 2.35. The second-order valence-electron chi connectivity index (χ2n) is 15.2. The van der Waals surface area contributed by atoms with Gasteiger partial charge in [-0.2, -0.15) is 0 Å². The number of ether oxygens (including phenoxy) is 12. The highest BCUT2D eigenvalue weighted by atomic mass is 31.1. The predicted molar refractivity (Wildman–Crippen MR) is 252 cm³/mol. The van der Waals surface area contributed by atoms with E-state index < -0.39 is 7.92 Å². The van der Waals surface area contributed by atoms with Crippen molar-refractivity contribution in [2.75, 3.05) is 213 Å². The zero-order valence-corrected chi connectivity index (χ0v) is 38.7. The summed E-state index contributed by atoms with van der Waals surface area (Å²) in [6, 6.07) is 27.2. The maximum Gasteiger partial charge on any atom is 0.0701 e. The molecule has 3 aromatic rings.